The number of hydrogen-bond donors (Lipinski definition) is 2. The highest BCUT2D eigenvalue weighted by molar-refractivity contribution is 6.29. The molecule has 96 valence electrons. The van der Waals surface area contributed by atoms with Crippen LogP contribution in [0.2, 0.25) is 5.15 Å². The molecule has 19 heavy (non-hydrogen) atoms. The number of para-hydroxylation sites is 1. The molecular weight excluding hydrogens is 268 g/mol. The van der Waals surface area contributed by atoms with E-state index < -0.39 is 6.29 Å². The first-order chi connectivity index (χ1) is 9.16. The summed E-state index contributed by atoms with van der Waals surface area (Å²) >= 11 is 5.82. The molecule has 1 aromatic carbocycles. The van der Waals surface area contributed by atoms with Crippen LogP contribution in [0.5, 0.6) is 0 Å². The van der Waals surface area contributed by atoms with Gasteiger partial charge in [-0.2, -0.15) is 5.10 Å². The normalized spacial score (nSPS) is 11.4. The number of aliphatic hydroxyl groups excluding tert-OH is 1. The molecule has 0 aliphatic rings. The Balaban J connectivity index is 2.30. The summed E-state index contributed by atoms with van der Waals surface area (Å²) in [6.07, 6.45) is -0.327. The van der Waals surface area contributed by atoms with Crippen molar-refractivity contribution in [3.8, 4) is 5.82 Å². The van der Waals surface area contributed by atoms with Gasteiger partial charge in [0.05, 0.1) is 5.52 Å². The first-order valence-electron chi connectivity index (χ1n) is 5.48. The van der Waals surface area contributed by atoms with Gasteiger partial charge in [0, 0.05) is 11.5 Å². The van der Waals surface area contributed by atoms with Crippen LogP contribution in [0, 0.1) is 0 Å². The van der Waals surface area contributed by atoms with Gasteiger partial charge in [-0.15, -0.1) is 0 Å². The monoisotopic (exact) mass is 276 g/mol. The maximum absolute atomic E-state index is 9.36. The highest BCUT2D eigenvalue weighted by Crippen LogP contribution is 2.24. The van der Waals surface area contributed by atoms with Crippen LogP contribution >= 0.6 is 11.6 Å². The third-order valence-corrected chi connectivity index (χ3v) is 2.90. The average molecular weight is 277 g/mol. The fourth-order valence-corrected chi connectivity index (χ4v) is 2.04. The van der Waals surface area contributed by atoms with E-state index in [1.807, 2.05) is 12.1 Å². The van der Waals surface area contributed by atoms with Crippen molar-refractivity contribution in [2.45, 2.75) is 6.29 Å². The Morgan fingerprint density at radius 3 is 2.68 bits per heavy atom. The van der Waals surface area contributed by atoms with Crippen LogP contribution in [-0.2, 0) is 0 Å². The summed E-state index contributed by atoms with van der Waals surface area (Å²) < 4.78 is 1.50. The molecule has 3 aromatic rings. The smallest absolute Gasteiger partial charge is 0.198 e. The van der Waals surface area contributed by atoms with E-state index in [0.717, 1.165) is 0 Å². The van der Waals surface area contributed by atoms with E-state index in [1.165, 1.54) is 11.0 Å². The fraction of sp³-hybridized carbons (Fsp3) is 0.0833. The maximum atomic E-state index is 9.36. The van der Waals surface area contributed by atoms with Crippen molar-refractivity contribution in [3.05, 3.63) is 47.5 Å². The fourth-order valence-electron chi connectivity index (χ4n) is 1.90. The second-order valence-electron chi connectivity index (χ2n) is 3.89. The Hall–Kier alpha value is -2.02. The molecule has 6 nitrogen and oxygen atoms in total. The second-order valence-corrected chi connectivity index (χ2v) is 4.27. The number of fused-ring (bicyclic) bond motifs is 1. The molecule has 7 heteroatoms. The molecule has 0 saturated heterocycles. The molecule has 0 bridgehead atoms. The van der Waals surface area contributed by atoms with E-state index in [0.29, 0.717) is 16.7 Å². The first-order valence-corrected chi connectivity index (χ1v) is 5.86. The van der Waals surface area contributed by atoms with Crippen molar-refractivity contribution in [1.29, 1.82) is 0 Å². The Morgan fingerprint density at radius 2 is 1.95 bits per heavy atom. The minimum Gasteiger partial charge on any atom is -0.363 e. The van der Waals surface area contributed by atoms with Crippen LogP contribution in [0.3, 0.4) is 0 Å². The van der Waals surface area contributed by atoms with Crippen molar-refractivity contribution in [1.82, 2.24) is 19.7 Å². The molecule has 0 aliphatic heterocycles. The standard InChI is InChI=1S/C12H9ClN4O2/c13-9-5-10(15-6-14-9)17-8-4-2-1-3-7(8)11(16-17)12(18)19/h1-6,12,18-19H. The van der Waals surface area contributed by atoms with E-state index in [1.54, 1.807) is 18.2 Å². The lowest BCUT2D eigenvalue weighted by molar-refractivity contribution is -0.0449. The molecule has 3 rings (SSSR count). The van der Waals surface area contributed by atoms with Gasteiger partial charge < -0.3 is 10.2 Å². The number of benzene rings is 1. The van der Waals surface area contributed by atoms with Gasteiger partial charge in [-0.1, -0.05) is 29.8 Å². The van der Waals surface area contributed by atoms with Crippen molar-refractivity contribution in [3.63, 3.8) is 0 Å². The lowest BCUT2D eigenvalue weighted by atomic mass is 10.2. The van der Waals surface area contributed by atoms with Gasteiger partial charge in [0.2, 0.25) is 0 Å². The van der Waals surface area contributed by atoms with Crippen LogP contribution < -0.4 is 0 Å². The molecular formula is C12H9ClN4O2. The third kappa shape index (κ3) is 2.06. The SMILES string of the molecule is OC(O)c1nn(-c2cc(Cl)ncn2)c2ccccc12. The zero-order valence-corrected chi connectivity index (χ0v) is 10.4. The molecule has 0 amide bonds. The lowest BCUT2D eigenvalue weighted by Gasteiger charge is -2.01. The van der Waals surface area contributed by atoms with Crippen LogP contribution in [0.1, 0.15) is 12.0 Å². The highest BCUT2D eigenvalue weighted by Gasteiger charge is 2.16. The molecule has 0 saturated carbocycles. The number of hydrogen-bond acceptors (Lipinski definition) is 5. The van der Waals surface area contributed by atoms with Crippen molar-refractivity contribution < 1.29 is 10.2 Å². The summed E-state index contributed by atoms with van der Waals surface area (Å²) in [6, 6.07) is 8.75. The summed E-state index contributed by atoms with van der Waals surface area (Å²) in [5.41, 5.74) is 0.880. The summed E-state index contributed by atoms with van der Waals surface area (Å²) in [5, 5.41) is 23.8. The molecule has 0 unspecified atom stereocenters. The molecule has 0 radical (unpaired) electrons. The number of nitrogens with zero attached hydrogens (tertiary/aromatic N) is 4. The third-order valence-electron chi connectivity index (χ3n) is 2.70. The Labute approximate surface area is 112 Å². The highest BCUT2D eigenvalue weighted by atomic mass is 35.5. The summed E-state index contributed by atoms with van der Waals surface area (Å²) in [7, 11) is 0. The van der Waals surface area contributed by atoms with E-state index >= 15 is 0 Å². The van der Waals surface area contributed by atoms with Gasteiger partial charge in [-0.05, 0) is 6.07 Å². The zero-order valence-electron chi connectivity index (χ0n) is 9.60. The van der Waals surface area contributed by atoms with Gasteiger partial charge >= 0.3 is 0 Å². The molecule has 0 spiro atoms. The van der Waals surface area contributed by atoms with Gasteiger partial charge in [-0.25, -0.2) is 14.6 Å². The van der Waals surface area contributed by atoms with Gasteiger partial charge in [0.15, 0.2) is 12.1 Å². The van der Waals surface area contributed by atoms with Crippen LogP contribution in [0.25, 0.3) is 16.7 Å². The quantitative estimate of drug-likeness (QED) is 0.547. The Morgan fingerprint density at radius 1 is 1.16 bits per heavy atom. The minimum atomic E-state index is -1.65. The summed E-state index contributed by atoms with van der Waals surface area (Å²) in [6.45, 7) is 0. The number of halogens is 1. The Bertz CT molecular complexity index is 741. The van der Waals surface area contributed by atoms with Crippen LogP contribution in [-0.4, -0.2) is 30.0 Å². The number of aliphatic hydroxyl groups is 2. The van der Waals surface area contributed by atoms with Crippen molar-refractivity contribution >= 4 is 22.5 Å². The van der Waals surface area contributed by atoms with Crippen molar-refractivity contribution in [2.75, 3.05) is 0 Å². The molecule has 0 atom stereocenters. The van der Waals surface area contributed by atoms with Crippen molar-refractivity contribution in [2.24, 2.45) is 0 Å². The van der Waals surface area contributed by atoms with E-state index in [-0.39, 0.29) is 10.8 Å². The zero-order chi connectivity index (χ0) is 13.4. The first kappa shape index (κ1) is 12.0. The molecule has 0 fully saturated rings. The summed E-state index contributed by atoms with van der Waals surface area (Å²) in [5.74, 6) is 0.461. The van der Waals surface area contributed by atoms with E-state index in [9.17, 15) is 10.2 Å². The van der Waals surface area contributed by atoms with Gasteiger partial charge in [-0.3, -0.25) is 0 Å². The average Bonchev–Trinajstić information content (AvgIpc) is 2.78. The summed E-state index contributed by atoms with van der Waals surface area (Å²) in [4.78, 5) is 7.88. The van der Waals surface area contributed by atoms with Crippen LogP contribution in [0.4, 0.5) is 0 Å². The van der Waals surface area contributed by atoms with Gasteiger partial charge in [0.1, 0.15) is 17.2 Å². The van der Waals surface area contributed by atoms with Crippen LogP contribution in [0.15, 0.2) is 36.7 Å². The largest absolute Gasteiger partial charge is 0.363 e. The van der Waals surface area contributed by atoms with E-state index in [2.05, 4.69) is 15.1 Å². The Kier molecular flexibility index (Phi) is 2.90. The maximum Gasteiger partial charge on any atom is 0.198 e. The number of rotatable bonds is 2. The predicted octanol–water partition coefficient (Wildman–Crippen LogP) is 1.45. The van der Waals surface area contributed by atoms with Gasteiger partial charge in [0.25, 0.3) is 0 Å². The van der Waals surface area contributed by atoms with E-state index in [4.69, 9.17) is 11.6 Å². The molecule has 0 aliphatic carbocycles. The lowest BCUT2D eigenvalue weighted by Crippen LogP contribution is -2.02. The molecule has 2 heterocycles. The minimum absolute atomic E-state index is 0.172. The second kappa shape index (κ2) is 4.58. The topological polar surface area (TPSA) is 84.1 Å². The molecule has 2 aromatic heterocycles. The molecule has 2 N–H and O–H groups in total. The number of aromatic nitrogens is 4. The predicted molar refractivity (Wildman–Crippen MR) is 68.8 cm³/mol.